The van der Waals surface area contributed by atoms with Crippen LogP contribution in [0.3, 0.4) is 0 Å². The average molecular weight is 384 g/mol. The Hall–Kier alpha value is -2.86. The first kappa shape index (κ1) is 20.5. The first-order chi connectivity index (χ1) is 13.0. The summed E-state index contributed by atoms with van der Waals surface area (Å²) in [6, 6.07) is 12.0. The van der Waals surface area contributed by atoms with Crippen LogP contribution >= 0.6 is 12.2 Å². The van der Waals surface area contributed by atoms with Gasteiger partial charge in [-0.3, -0.25) is 5.43 Å². The lowest BCUT2D eigenvalue weighted by Gasteiger charge is -2.12. The van der Waals surface area contributed by atoms with E-state index in [-0.39, 0.29) is 0 Å². The van der Waals surface area contributed by atoms with Crippen molar-refractivity contribution in [2.75, 3.05) is 13.7 Å². The second-order valence-electron chi connectivity index (χ2n) is 6.06. The Balaban J connectivity index is 2.00. The highest BCUT2D eigenvalue weighted by Gasteiger charge is 2.06. The largest absolute Gasteiger partial charge is 0.493 e. The van der Waals surface area contributed by atoms with Gasteiger partial charge in [0, 0.05) is 6.54 Å². The minimum atomic E-state index is 0.437. The molecule has 2 N–H and O–H groups in total. The Labute approximate surface area is 166 Å². The zero-order valence-electron chi connectivity index (χ0n) is 15.9. The third kappa shape index (κ3) is 6.75. The molecule has 0 atom stereocenters. The third-order valence-corrected chi connectivity index (χ3v) is 3.89. The molecule has 0 aliphatic heterocycles. The number of ether oxygens (including phenoxy) is 2. The van der Waals surface area contributed by atoms with Gasteiger partial charge in [0.15, 0.2) is 16.6 Å². The summed E-state index contributed by atoms with van der Waals surface area (Å²) in [5.74, 6) is 1.33. The van der Waals surface area contributed by atoms with E-state index in [9.17, 15) is 0 Å². The van der Waals surface area contributed by atoms with Crippen LogP contribution in [0, 0.1) is 13.8 Å². The van der Waals surface area contributed by atoms with E-state index in [0.29, 0.717) is 29.8 Å². The van der Waals surface area contributed by atoms with Crippen molar-refractivity contribution in [1.82, 2.24) is 10.7 Å². The Morgan fingerprint density at radius 2 is 1.89 bits per heavy atom. The number of aryl methyl sites for hydroxylation is 2. The molecule has 0 fully saturated rings. The molecule has 2 rings (SSSR count). The smallest absolute Gasteiger partial charge is 0.187 e. The molecule has 142 valence electrons. The molecule has 2 aromatic rings. The normalized spacial score (nSPS) is 10.5. The summed E-state index contributed by atoms with van der Waals surface area (Å²) < 4.78 is 11.4. The number of hydrazone groups is 1. The number of benzene rings is 2. The van der Waals surface area contributed by atoms with Gasteiger partial charge in [-0.2, -0.15) is 5.10 Å². The van der Waals surface area contributed by atoms with Gasteiger partial charge in [0.05, 0.1) is 13.3 Å². The van der Waals surface area contributed by atoms with Crippen LogP contribution in [0.5, 0.6) is 11.5 Å². The second kappa shape index (κ2) is 10.3. The van der Waals surface area contributed by atoms with Crippen molar-refractivity contribution in [3.8, 4) is 11.5 Å². The van der Waals surface area contributed by atoms with Gasteiger partial charge in [0.1, 0.15) is 6.61 Å². The number of rotatable bonds is 8. The van der Waals surface area contributed by atoms with Gasteiger partial charge in [-0.25, -0.2) is 0 Å². The number of thiocarbonyl (C=S) groups is 1. The zero-order chi connectivity index (χ0) is 19.6. The average Bonchev–Trinajstić information content (AvgIpc) is 2.64. The quantitative estimate of drug-likeness (QED) is 0.314. The van der Waals surface area contributed by atoms with Crippen LogP contribution in [-0.4, -0.2) is 25.0 Å². The van der Waals surface area contributed by atoms with Crippen LogP contribution in [0.15, 0.2) is 54.2 Å². The molecule has 5 nitrogen and oxygen atoms in total. The maximum atomic E-state index is 5.94. The van der Waals surface area contributed by atoms with E-state index < -0.39 is 0 Å². The summed E-state index contributed by atoms with van der Waals surface area (Å²) in [6.45, 7) is 8.85. The molecular weight excluding hydrogens is 358 g/mol. The first-order valence-corrected chi connectivity index (χ1v) is 8.98. The van der Waals surface area contributed by atoms with E-state index in [0.717, 1.165) is 11.1 Å². The molecule has 2 aromatic carbocycles. The van der Waals surface area contributed by atoms with Crippen molar-refractivity contribution in [3.63, 3.8) is 0 Å². The fraction of sp³-hybridized carbons (Fsp3) is 0.238. The van der Waals surface area contributed by atoms with Crippen molar-refractivity contribution in [1.29, 1.82) is 0 Å². The van der Waals surface area contributed by atoms with E-state index in [4.69, 9.17) is 21.7 Å². The summed E-state index contributed by atoms with van der Waals surface area (Å²) in [6.07, 6.45) is 3.39. The Kier molecular flexibility index (Phi) is 7.82. The monoisotopic (exact) mass is 383 g/mol. The molecule has 0 aliphatic rings. The van der Waals surface area contributed by atoms with Gasteiger partial charge in [-0.05, 0) is 55.4 Å². The van der Waals surface area contributed by atoms with E-state index >= 15 is 0 Å². The summed E-state index contributed by atoms with van der Waals surface area (Å²) in [7, 11) is 1.62. The summed E-state index contributed by atoms with van der Waals surface area (Å²) in [5, 5.41) is 7.47. The van der Waals surface area contributed by atoms with Crippen molar-refractivity contribution in [2.45, 2.75) is 20.5 Å². The topological polar surface area (TPSA) is 54.9 Å². The number of nitrogens with one attached hydrogen (secondary N) is 2. The lowest BCUT2D eigenvalue weighted by Crippen LogP contribution is -2.31. The van der Waals surface area contributed by atoms with Crippen molar-refractivity contribution >= 4 is 23.5 Å². The highest BCUT2D eigenvalue weighted by Crippen LogP contribution is 2.28. The van der Waals surface area contributed by atoms with Crippen LogP contribution in [0.1, 0.15) is 22.3 Å². The molecule has 0 saturated carbocycles. The molecule has 27 heavy (non-hydrogen) atoms. The molecule has 0 unspecified atom stereocenters. The summed E-state index contributed by atoms with van der Waals surface area (Å²) in [5.41, 5.74) is 7.18. The molecule has 0 aromatic heterocycles. The van der Waals surface area contributed by atoms with Crippen molar-refractivity contribution < 1.29 is 9.47 Å². The van der Waals surface area contributed by atoms with Crippen LogP contribution in [0.4, 0.5) is 0 Å². The lowest BCUT2D eigenvalue weighted by atomic mass is 10.1. The third-order valence-electron chi connectivity index (χ3n) is 3.65. The predicted octanol–water partition coefficient (Wildman–Crippen LogP) is 3.88. The Morgan fingerprint density at radius 3 is 2.56 bits per heavy atom. The lowest BCUT2D eigenvalue weighted by molar-refractivity contribution is 0.284. The van der Waals surface area contributed by atoms with E-state index in [1.54, 1.807) is 19.4 Å². The number of methoxy groups -OCH3 is 1. The molecule has 6 heteroatoms. The summed E-state index contributed by atoms with van der Waals surface area (Å²) >= 11 is 5.07. The van der Waals surface area contributed by atoms with Crippen LogP contribution < -0.4 is 20.2 Å². The minimum Gasteiger partial charge on any atom is -0.493 e. The van der Waals surface area contributed by atoms with Gasteiger partial charge in [0.2, 0.25) is 0 Å². The van der Waals surface area contributed by atoms with Crippen LogP contribution in [0.2, 0.25) is 0 Å². The van der Waals surface area contributed by atoms with Gasteiger partial charge < -0.3 is 14.8 Å². The van der Waals surface area contributed by atoms with Crippen LogP contribution in [-0.2, 0) is 6.61 Å². The highest BCUT2D eigenvalue weighted by molar-refractivity contribution is 7.80. The summed E-state index contributed by atoms with van der Waals surface area (Å²) in [4.78, 5) is 0. The second-order valence-corrected chi connectivity index (χ2v) is 6.47. The molecule has 0 spiro atoms. The fourth-order valence-corrected chi connectivity index (χ4v) is 2.70. The van der Waals surface area contributed by atoms with Gasteiger partial charge in [-0.15, -0.1) is 6.58 Å². The fourth-order valence-electron chi connectivity index (χ4n) is 2.57. The number of hydrogen-bond donors (Lipinski definition) is 2. The van der Waals surface area contributed by atoms with E-state index in [1.165, 1.54) is 11.1 Å². The number of nitrogens with zero attached hydrogens (tertiary/aromatic N) is 1. The standard InChI is InChI=1S/C21H25N3O2S/c1-5-8-22-21(27)24-23-13-17-6-7-19(20(12-17)25-4)26-14-18-10-15(2)9-16(3)11-18/h5-7,9-13H,1,8,14H2,2-4H3,(H2,22,24,27)/b23-13+. The maximum Gasteiger partial charge on any atom is 0.187 e. The van der Waals surface area contributed by atoms with E-state index in [1.807, 2.05) is 18.2 Å². The van der Waals surface area contributed by atoms with E-state index in [2.05, 4.69) is 54.5 Å². The van der Waals surface area contributed by atoms with Gasteiger partial charge >= 0.3 is 0 Å². The molecule has 0 radical (unpaired) electrons. The van der Waals surface area contributed by atoms with Crippen molar-refractivity contribution in [3.05, 3.63) is 71.3 Å². The SMILES string of the molecule is C=CCNC(=S)N/N=C/c1ccc(OCc2cc(C)cc(C)c2)c(OC)c1. The molecular formula is C21H25N3O2S. The highest BCUT2D eigenvalue weighted by atomic mass is 32.1. The van der Waals surface area contributed by atoms with Crippen LogP contribution in [0.25, 0.3) is 0 Å². The molecule has 0 bridgehead atoms. The zero-order valence-corrected chi connectivity index (χ0v) is 16.7. The molecule has 0 amide bonds. The number of hydrogen-bond acceptors (Lipinski definition) is 4. The van der Waals surface area contributed by atoms with Gasteiger partial charge in [-0.1, -0.05) is 35.4 Å². The Morgan fingerprint density at radius 1 is 1.15 bits per heavy atom. The molecule has 0 aliphatic carbocycles. The molecule has 0 saturated heterocycles. The van der Waals surface area contributed by atoms with Crippen molar-refractivity contribution in [2.24, 2.45) is 5.10 Å². The Bertz CT molecular complexity index is 814. The first-order valence-electron chi connectivity index (χ1n) is 8.57. The van der Waals surface area contributed by atoms with Gasteiger partial charge in [0.25, 0.3) is 0 Å². The maximum absolute atomic E-state index is 5.94. The minimum absolute atomic E-state index is 0.437. The molecule has 0 heterocycles. The predicted molar refractivity (Wildman–Crippen MR) is 115 cm³/mol.